The van der Waals surface area contributed by atoms with E-state index >= 15 is 0 Å². The van der Waals surface area contributed by atoms with Gasteiger partial charge in [0.05, 0.1) is 6.10 Å². The average Bonchev–Trinajstić information content (AvgIpc) is 2.17. The summed E-state index contributed by atoms with van der Waals surface area (Å²) in [6.07, 6.45) is -0.128. The second kappa shape index (κ2) is 4.77. The Labute approximate surface area is 83.9 Å². The number of hydrogen-bond donors (Lipinski definition) is 1. The lowest BCUT2D eigenvalue weighted by atomic mass is 10.1. The maximum atomic E-state index is 11.4. The van der Waals surface area contributed by atoms with E-state index in [0.717, 1.165) is 5.56 Å². The molecule has 0 fully saturated rings. The molecule has 0 unspecified atom stereocenters. The number of rotatable bonds is 3. The number of ether oxygens (including phenoxy) is 1. The van der Waals surface area contributed by atoms with Crippen LogP contribution in [-0.2, 0) is 9.53 Å². The Morgan fingerprint density at radius 3 is 2.36 bits per heavy atom. The molecule has 0 aliphatic heterocycles. The molecular formula is C11H15NO2. The number of carbonyl (C=O) groups is 1. The van der Waals surface area contributed by atoms with Gasteiger partial charge in [-0.1, -0.05) is 30.3 Å². The molecule has 1 atom stereocenters. The Hall–Kier alpha value is -1.35. The van der Waals surface area contributed by atoms with Gasteiger partial charge >= 0.3 is 5.97 Å². The fraction of sp³-hybridized carbons (Fsp3) is 0.364. The topological polar surface area (TPSA) is 52.3 Å². The highest BCUT2D eigenvalue weighted by molar-refractivity contribution is 5.77. The number of esters is 1. The number of carbonyl (C=O) groups excluding carboxylic acids is 1. The Bertz CT molecular complexity index is 295. The van der Waals surface area contributed by atoms with E-state index in [0.29, 0.717) is 0 Å². The van der Waals surface area contributed by atoms with Crippen molar-refractivity contribution in [3.8, 4) is 0 Å². The van der Waals surface area contributed by atoms with E-state index in [1.165, 1.54) is 0 Å². The van der Waals surface area contributed by atoms with Crippen LogP contribution in [0.1, 0.15) is 25.5 Å². The van der Waals surface area contributed by atoms with Crippen molar-refractivity contribution in [1.82, 2.24) is 0 Å². The second-order valence-corrected chi connectivity index (χ2v) is 3.37. The molecule has 0 radical (unpaired) electrons. The number of benzene rings is 1. The molecule has 2 N–H and O–H groups in total. The molecule has 3 heteroatoms. The summed E-state index contributed by atoms with van der Waals surface area (Å²) in [7, 11) is 0. The summed E-state index contributed by atoms with van der Waals surface area (Å²) in [5.74, 6) is -0.383. The molecular weight excluding hydrogens is 178 g/mol. The Kier molecular flexibility index (Phi) is 3.65. The van der Waals surface area contributed by atoms with Crippen molar-refractivity contribution in [2.75, 3.05) is 0 Å². The largest absolute Gasteiger partial charge is 0.462 e. The summed E-state index contributed by atoms with van der Waals surface area (Å²) in [4.78, 5) is 11.4. The minimum atomic E-state index is -0.682. The molecule has 3 nitrogen and oxygen atoms in total. The number of hydrogen-bond acceptors (Lipinski definition) is 3. The molecule has 14 heavy (non-hydrogen) atoms. The lowest BCUT2D eigenvalue weighted by Crippen LogP contribution is -2.25. The molecule has 0 aliphatic carbocycles. The van der Waals surface area contributed by atoms with Gasteiger partial charge in [-0.3, -0.25) is 0 Å². The van der Waals surface area contributed by atoms with Gasteiger partial charge in [0.15, 0.2) is 0 Å². The van der Waals surface area contributed by atoms with Crippen LogP contribution in [-0.4, -0.2) is 12.1 Å². The molecule has 0 saturated carbocycles. The molecule has 0 bridgehead atoms. The highest BCUT2D eigenvalue weighted by Gasteiger charge is 2.17. The Morgan fingerprint density at radius 2 is 1.86 bits per heavy atom. The first kappa shape index (κ1) is 10.7. The van der Waals surface area contributed by atoms with Gasteiger partial charge in [0.2, 0.25) is 0 Å². The minimum absolute atomic E-state index is 0.128. The van der Waals surface area contributed by atoms with Crippen LogP contribution in [0, 0.1) is 0 Å². The Balaban J connectivity index is 2.66. The van der Waals surface area contributed by atoms with Gasteiger partial charge in [-0.05, 0) is 19.4 Å². The van der Waals surface area contributed by atoms with E-state index in [9.17, 15) is 4.79 Å². The van der Waals surface area contributed by atoms with Crippen LogP contribution in [0.5, 0.6) is 0 Å². The van der Waals surface area contributed by atoms with Crippen LogP contribution in [0.3, 0.4) is 0 Å². The zero-order valence-electron chi connectivity index (χ0n) is 8.44. The van der Waals surface area contributed by atoms with Crippen LogP contribution in [0.15, 0.2) is 30.3 Å². The van der Waals surface area contributed by atoms with E-state index in [-0.39, 0.29) is 12.1 Å². The summed E-state index contributed by atoms with van der Waals surface area (Å²) >= 11 is 0. The van der Waals surface area contributed by atoms with Gasteiger partial charge in [0.25, 0.3) is 0 Å². The zero-order chi connectivity index (χ0) is 10.6. The maximum Gasteiger partial charge on any atom is 0.327 e. The van der Waals surface area contributed by atoms with Gasteiger partial charge in [-0.15, -0.1) is 0 Å². The molecule has 0 amide bonds. The smallest absolute Gasteiger partial charge is 0.327 e. The van der Waals surface area contributed by atoms with Crippen molar-refractivity contribution in [3.63, 3.8) is 0 Å². The van der Waals surface area contributed by atoms with Crippen molar-refractivity contribution in [2.24, 2.45) is 5.73 Å². The highest BCUT2D eigenvalue weighted by Crippen LogP contribution is 2.11. The van der Waals surface area contributed by atoms with E-state index in [4.69, 9.17) is 10.5 Å². The first-order chi connectivity index (χ1) is 6.61. The lowest BCUT2D eigenvalue weighted by molar-refractivity contribution is -0.149. The summed E-state index contributed by atoms with van der Waals surface area (Å²) in [5.41, 5.74) is 6.49. The quantitative estimate of drug-likeness (QED) is 0.742. The normalized spacial score (nSPS) is 12.6. The summed E-state index contributed by atoms with van der Waals surface area (Å²) in [6.45, 7) is 3.60. The third-order valence-electron chi connectivity index (χ3n) is 1.76. The monoisotopic (exact) mass is 193 g/mol. The predicted molar refractivity (Wildman–Crippen MR) is 54.6 cm³/mol. The summed E-state index contributed by atoms with van der Waals surface area (Å²) in [6, 6.07) is 8.51. The third kappa shape index (κ3) is 2.85. The van der Waals surface area contributed by atoms with Gasteiger partial charge in [-0.2, -0.15) is 0 Å². The van der Waals surface area contributed by atoms with Crippen LogP contribution in [0.25, 0.3) is 0 Å². The highest BCUT2D eigenvalue weighted by atomic mass is 16.5. The third-order valence-corrected chi connectivity index (χ3v) is 1.76. The van der Waals surface area contributed by atoms with Gasteiger partial charge in [-0.25, -0.2) is 4.79 Å². The van der Waals surface area contributed by atoms with E-state index < -0.39 is 6.04 Å². The second-order valence-electron chi connectivity index (χ2n) is 3.37. The summed E-state index contributed by atoms with van der Waals surface area (Å²) in [5, 5.41) is 0. The van der Waals surface area contributed by atoms with E-state index in [1.807, 2.05) is 30.3 Å². The Morgan fingerprint density at radius 1 is 1.29 bits per heavy atom. The van der Waals surface area contributed by atoms with Crippen molar-refractivity contribution in [1.29, 1.82) is 0 Å². The fourth-order valence-corrected chi connectivity index (χ4v) is 1.10. The van der Waals surface area contributed by atoms with Crippen molar-refractivity contribution in [2.45, 2.75) is 26.0 Å². The molecule has 0 aliphatic rings. The standard InChI is InChI=1S/C11H15NO2/c1-8(2)14-11(13)10(12)9-6-4-3-5-7-9/h3-8,10H,12H2,1-2H3/t10-/m0/s1. The van der Waals surface area contributed by atoms with E-state index in [2.05, 4.69) is 0 Å². The maximum absolute atomic E-state index is 11.4. The van der Waals surface area contributed by atoms with Crippen molar-refractivity contribution < 1.29 is 9.53 Å². The molecule has 1 rings (SSSR count). The molecule has 1 aromatic rings. The predicted octanol–water partition coefficient (Wildman–Crippen LogP) is 1.64. The van der Waals surface area contributed by atoms with Crippen molar-refractivity contribution >= 4 is 5.97 Å². The zero-order valence-corrected chi connectivity index (χ0v) is 8.44. The van der Waals surface area contributed by atoms with Gasteiger partial charge in [0.1, 0.15) is 6.04 Å². The number of nitrogens with two attached hydrogens (primary N) is 1. The van der Waals surface area contributed by atoms with Crippen LogP contribution < -0.4 is 5.73 Å². The first-order valence-electron chi connectivity index (χ1n) is 4.62. The lowest BCUT2D eigenvalue weighted by Gasteiger charge is -2.13. The fourth-order valence-electron chi connectivity index (χ4n) is 1.10. The van der Waals surface area contributed by atoms with Crippen molar-refractivity contribution in [3.05, 3.63) is 35.9 Å². The average molecular weight is 193 g/mol. The molecule has 0 aromatic heterocycles. The SMILES string of the molecule is CC(C)OC(=O)[C@@H](N)c1ccccc1. The van der Waals surface area contributed by atoms with Crippen LogP contribution in [0.4, 0.5) is 0 Å². The van der Waals surface area contributed by atoms with Crippen LogP contribution in [0.2, 0.25) is 0 Å². The summed E-state index contributed by atoms with van der Waals surface area (Å²) < 4.78 is 5.00. The van der Waals surface area contributed by atoms with Gasteiger partial charge < -0.3 is 10.5 Å². The molecule has 76 valence electrons. The molecule has 0 spiro atoms. The molecule has 0 saturated heterocycles. The van der Waals surface area contributed by atoms with Gasteiger partial charge in [0, 0.05) is 0 Å². The molecule has 1 aromatic carbocycles. The minimum Gasteiger partial charge on any atom is -0.462 e. The van der Waals surface area contributed by atoms with E-state index in [1.54, 1.807) is 13.8 Å². The van der Waals surface area contributed by atoms with Crippen LogP contribution >= 0.6 is 0 Å². The molecule has 0 heterocycles. The first-order valence-corrected chi connectivity index (χ1v) is 4.62.